The lowest BCUT2D eigenvalue weighted by Gasteiger charge is -2.44. The van der Waals surface area contributed by atoms with E-state index >= 15 is 0 Å². The average Bonchev–Trinajstić information content (AvgIpc) is 3.28. The zero-order valence-electron chi connectivity index (χ0n) is 14.7. The number of carbonyl (C=O) groups is 1. The van der Waals surface area contributed by atoms with E-state index in [2.05, 4.69) is 25.4 Å². The molecule has 0 saturated carbocycles. The third kappa shape index (κ3) is 2.71. The maximum absolute atomic E-state index is 12.9. The standard InChI is InChI=1S/C19H21N5OS/c1-11-9-20-19(26-11)13-2-3-15-14(8-13)17(23-22-15)18(25)21-16-10-24-6-4-12(16)5-7-24/h2-3,8-9,12,16H,4-7,10H2,1H3,(H,21,25)(H,22,23)/t16-/m1/s1. The van der Waals surface area contributed by atoms with Crippen molar-refractivity contribution in [3.05, 3.63) is 35.0 Å². The summed E-state index contributed by atoms with van der Waals surface area (Å²) in [6.07, 6.45) is 4.24. The SMILES string of the molecule is Cc1cnc(-c2ccc3[nH]nc(C(=O)N[C@@H]4CN5CCC4CC5)c3c2)s1. The van der Waals surface area contributed by atoms with Gasteiger partial charge in [-0.1, -0.05) is 0 Å². The summed E-state index contributed by atoms with van der Waals surface area (Å²) in [6.45, 7) is 5.34. The van der Waals surface area contributed by atoms with Crippen LogP contribution in [0, 0.1) is 12.8 Å². The van der Waals surface area contributed by atoms with E-state index < -0.39 is 0 Å². The highest BCUT2D eigenvalue weighted by molar-refractivity contribution is 7.14. The van der Waals surface area contributed by atoms with Gasteiger partial charge in [0.15, 0.2) is 5.69 Å². The summed E-state index contributed by atoms with van der Waals surface area (Å²) in [4.78, 5) is 21.0. The predicted octanol–water partition coefficient (Wildman–Crippen LogP) is 2.82. The Morgan fingerprint density at radius 3 is 2.88 bits per heavy atom. The topological polar surface area (TPSA) is 73.9 Å². The molecule has 0 radical (unpaired) electrons. The number of hydrogen-bond donors (Lipinski definition) is 2. The highest BCUT2D eigenvalue weighted by Crippen LogP contribution is 2.30. The van der Waals surface area contributed by atoms with E-state index in [1.54, 1.807) is 11.3 Å². The minimum Gasteiger partial charge on any atom is -0.346 e. The van der Waals surface area contributed by atoms with Crippen LogP contribution in [0.1, 0.15) is 28.2 Å². The van der Waals surface area contributed by atoms with Gasteiger partial charge in [0.2, 0.25) is 0 Å². The predicted molar refractivity (Wildman–Crippen MR) is 102 cm³/mol. The number of fused-ring (bicyclic) bond motifs is 4. The number of rotatable bonds is 3. The third-order valence-electron chi connectivity index (χ3n) is 5.62. The Kier molecular flexibility index (Phi) is 3.79. The molecule has 6 nitrogen and oxygen atoms in total. The van der Waals surface area contributed by atoms with Crippen LogP contribution in [0.2, 0.25) is 0 Å². The molecule has 3 aliphatic heterocycles. The number of carbonyl (C=O) groups excluding carboxylic acids is 1. The highest BCUT2D eigenvalue weighted by atomic mass is 32.1. The number of aryl methyl sites for hydroxylation is 1. The first kappa shape index (κ1) is 16.0. The summed E-state index contributed by atoms with van der Waals surface area (Å²) in [7, 11) is 0. The molecule has 1 amide bonds. The molecule has 26 heavy (non-hydrogen) atoms. The molecule has 2 bridgehead atoms. The summed E-state index contributed by atoms with van der Waals surface area (Å²) >= 11 is 1.66. The maximum atomic E-state index is 12.9. The molecular formula is C19H21N5OS. The smallest absolute Gasteiger partial charge is 0.272 e. The number of aromatic amines is 1. The van der Waals surface area contributed by atoms with Gasteiger partial charge in [0.05, 0.1) is 5.52 Å². The van der Waals surface area contributed by atoms with E-state index in [-0.39, 0.29) is 11.9 Å². The number of benzene rings is 1. The van der Waals surface area contributed by atoms with Crippen molar-refractivity contribution < 1.29 is 4.79 Å². The number of thiazole rings is 1. The number of nitrogens with zero attached hydrogens (tertiary/aromatic N) is 3. The zero-order valence-corrected chi connectivity index (χ0v) is 15.5. The second kappa shape index (κ2) is 6.17. The van der Waals surface area contributed by atoms with Gasteiger partial charge in [-0.15, -0.1) is 11.3 Å². The minimum atomic E-state index is -0.0810. The molecule has 3 fully saturated rings. The highest BCUT2D eigenvalue weighted by Gasteiger charge is 2.35. The molecule has 0 aliphatic carbocycles. The normalized spacial score (nSPS) is 24.9. The molecule has 3 saturated heterocycles. The van der Waals surface area contributed by atoms with Crippen molar-refractivity contribution in [3.63, 3.8) is 0 Å². The summed E-state index contributed by atoms with van der Waals surface area (Å²) < 4.78 is 0. The van der Waals surface area contributed by atoms with Gasteiger partial charge in [0, 0.05) is 34.6 Å². The van der Waals surface area contributed by atoms with Crippen LogP contribution in [0.4, 0.5) is 0 Å². The molecule has 7 heteroatoms. The molecule has 3 aromatic rings. The fourth-order valence-corrected chi connectivity index (χ4v) is 4.93. The molecule has 134 valence electrons. The molecular weight excluding hydrogens is 346 g/mol. The van der Waals surface area contributed by atoms with Gasteiger partial charge >= 0.3 is 0 Å². The Hall–Kier alpha value is -2.25. The van der Waals surface area contributed by atoms with E-state index in [0.29, 0.717) is 11.6 Å². The van der Waals surface area contributed by atoms with Gasteiger partial charge in [-0.3, -0.25) is 9.89 Å². The lowest BCUT2D eigenvalue weighted by Crippen LogP contribution is -2.57. The van der Waals surface area contributed by atoms with Crippen molar-refractivity contribution in [2.24, 2.45) is 5.92 Å². The molecule has 3 aliphatic rings. The van der Waals surface area contributed by atoms with Crippen LogP contribution in [0.5, 0.6) is 0 Å². The Balaban J connectivity index is 1.43. The van der Waals surface area contributed by atoms with Crippen molar-refractivity contribution >= 4 is 28.1 Å². The molecule has 0 unspecified atom stereocenters. The number of piperidine rings is 3. The van der Waals surface area contributed by atoms with E-state index in [1.165, 1.54) is 30.8 Å². The first-order valence-electron chi connectivity index (χ1n) is 9.11. The summed E-state index contributed by atoms with van der Waals surface area (Å²) in [6, 6.07) is 6.25. The fourth-order valence-electron chi connectivity index (χ4n) is 4.17. The molecule has 0 spiro atoms. The quantitative estimate of drug-likeness (QED) is 0.747. The molecule has 1 aromatic carbocycles. The van der Waals surface area contributed by atoms with Gasteiger partial charge in [-0.25, -0.2) is 4.98 Å². The number of aromatic nitrogens is 3. The Morgan fingerprint density at radius 1 is 1.35 bits per heavy atom. The van der Waals surface area contributed by atoms with Crippen LogP contribution < -0.4 is 5.32 Å². The first-order valence-corrected chi connectivity index (χ1v) is 9.93. The molecule has 6 rings (SSSR count). The average molecular weight is 367 g/mol. The van der Waals surface area contributed by atoms with Gasteiger partial charge in [-0.2, -0.15) is 5.10 Å². The molecule has 2 aromatic heterocycles. The first-order chi connectivity index (χ1) is 12.7. The van der Waals surface area contributed by atoms with Crippen LogP contribution in [0.15, 0.2) is 24.4 Å². The number of amides is 1. The second-order valence-corrected chi connectivity index (χ2v) is 8.56. The number of hydrogen-bond acceptors (Lipinski definition) is 5. The van der Waals surface area contributed by atoms with Crippen molar-refractivity contribution in [2.45, 2.75) is 25.8 Å². The maximum Gasteiger partial charge on any atom is 0.272 e. The molecule has 1 atom stereocenters. The zero-order chi connectivity index (χ0) is 17.7. The van der Waals surface area contributed by atoms with Crippen LogP contribution in [0.3, 0.4) is 0 Å². The lowest BCUT2D eigenvalue weighted by molar-refractivity contribution is 0.0618. The number of nitrogens with one attached hydrogen (secondary N) is 2. The molecule has 2 N–H and O–H groups in total. The number of H-pyrrole nitrogens is 1. The van der Waals surface area contributed by atoms with E-state index in [9.17, 15) is 4.79 Å². The fraction of sp³-hybridized carbons (Fsp3) is 0.421. The minimum absolute atomic E-state index is 0.0810. The van der Waals surface area contributed by atoms with Gasteiger partial charge in [-0.05, 0) is 57.0 Å². The van der Waals surface area contributed by atoms with Crippen LogP contribution in [0.25, 0.3) is 21.5 Å². The Bertz CT molecular complexity index is 969. The van der Waals surface area contributed by atoms with Crippen molar-refractivity contribution in [1.82, 2.24) is 25.4 Å². The Morgan fingerprint density at radius 2 is 2.19 bits per heavy atom. The Labute approximate surface area is 155 Å². The molecule has 5 heterocycles. The summed E-state index contributed by atoms with van der Waals surface area (Å²) in [5.41, 5.74) is 2.38. The van der Waals surface area contributed by atoms with Gasteiger partial charge < -0.3 is 10.2 Å². The summed E-state index contributed by atoms with van der Waals surface area (Å²) in [5, 5.41) is 12.3. The van der Waals surface area contributed by atoms with Crippen molar-refractivity contribution in [1.29, 1.82) is 0 Å². The lowest BCUT2D eigenvalue weighted by atomic mass is 9.84. The van der Waals surface area contributed by atoms with Crippen molar-refractivity contribution in [2.75, 3.05) is 19.6 Å². The second-order valence-electron chi connectivity index (χ2n) is 7.33. The third-order valence-corrected chi connectivity index (χ3v) is 6.58. The van der Waals surface area contributed by atoms with Crippen LogP contribution in [-0.4, -0.2) is 51.7 Å². The summed E-state index contributed by atoms with van der Waals surface area (Å²) in [5.74, 6) is 0.519. The van der Waals surface area contributed by atoms with E-state index in [1.807, 2.05) is 31.3 Å². The van der Waals surface area contributed by atoms with Crippen LogP contribution >= 0.6 is 11.3 Å². The van der Waals surface area contributed by atoms with Crippen LogP contribution in [-0.2, 0) is 0 Å². The van der Waals surface area contributed by atoms with E-state index in [0.717, 1.165) is 28.0 Å². The monoisotopic (exact) mass is 367 g/mol. The van der Waals surface area contributed by atoms with E-state index in [4.69, 9.17) is 0 Å². The van der Waals surface area contributed by atoms with Crippen molar-refractivity contribution in [3.8, 4) is 10.6 Å². The van der Waals surface area contributed by atoms with Gasteiger partial charge in [0.25, 0.3) is 5.91 Å². The van der Waals surface area contributed by atoms with Gasteiger partial charge in [0.1, 0.15) is 5.01 Å². The largest absolute Gasteiger partial charge is 0.346 e.